The molecule has 2 aromatic rings. The first kappa shape index (κ1) is 14.8. The quantitative estimate of drug-likeness (QED) is 0.649. The minimum absolute atomic E-state index is 0.151. The lowest BCUT2D eigenvalue weighted by atomic mass is 10.1. The van der Waals surface area contributed by atoms with E-state index in [1.807, 2.05) is 24.3 Å². The van der Waals surface area contributed by atoms with Crippen molar-refractivity contribution in [2.24, 2.45) is 0 Å². The largest absolute Gasteiger partial charge is 0.398 e. The zero-order valence-corrected chi connectivity index (χ0v) is 12.3. The van der Waals surface area contributed by atoms with Crippen molar-refractivity contribution < 1.29 is 9.47 Å². The number of nitrogens with zero attached hydrogens (tertiary/aromatic N) is 1. The molecule has 0 atom stereocenters. The van der Waals surface area contributed by atoms with Gasteiger partial charge in [0.2, 0.25) is 0 Å². The molecular formula is C16H22N2O2. The maximum Gasteiger partial charge on any atom is 0.0777 e. The SMILES string of the molecule is COC(C)(C)CCOCc1ccc(N)c2cccnc12. The van der Waals surface area contributed by atoms with Crippen molar-refractivity contribution >= 4 is 16.6 Å². The average molecular weight is 274 g/mol. The summed E-state index contributed by atoms with van der Waals surface area (Å²) in [4.78, 5) is 4.40. The van der Waals surface area contributed by atoms with Crippen molar-refractivity contribution in [3.63, 3.8) is 0 Å². The van der Waals surface area contributed by atoms with Gasteiger partial charge in [-0.3, -0.25) is 4.98 Å². The zero-order valence-electron chi connectivity index (χ0n) is 12.3. The number of nitrogens with two attached hydrogens (primary N) is 1. The number of benzene rings is 1. The molecule has 2 rings (SSSR count). The molecule has 4 nitrogen and oxygen atoms in total. The van der Waals surface area contributed by atoms with E-state index in [1.165, 1.54) is 0 Å². The van der Waals surface area contributed by atoms with Crippen LogP contribution in [0.2, 0.25) is 0 Å². The van der Waals surface area contributed by atoms with Crippen LogP contribution in [0.3, 0.4) is 0 Å². The fourth-order valence-corrected chi connectivity index (χ4v) is 1.97. The highest BCUT2D eigenvalue weighted by Crippen LogP contribution is 2.23. The second-order valence-electron chi connectivity index (χ2n) is 5.48. The lowest BCUT2D eigenvalue weighted by Crippen LogP contribution is -2.24. The van der Waals surface area contributed by atoms with Gasteiger partial charge < -0.3 is 15.2 Å². The number of fused-ring (bicyclic) bond motifs is 1. The van der Waals surface area contributed by atoms with Crippen LogP contribution in [0.5, 0.6) is 0 Å². The smallest absolute Gasteiger partial charge is 0.0777 e. The Bertz CT molecular complexity index is 582. The molecule has 0 amide bonds. The van der Waals surface area contributed by atoms with Crippen LogP contribution in [0.4, 0.5) is 5.69 Å². The molecule has 4 heteroatoms. The average Bonchev–Trinajstić information content (AvgIpc) is 2.46. The third-order valence-corrected chi connectivity index (χ3v) is 3.55. The van der Waals surface area contributed by atoms with Crippen LogP contribution in [0.15, 0.2) is 30.5 Å². The van der Waals surface area contributed by atoms with Crippen LogP contribution in [0, 0.1) is 0 Å². The summed E-state index contributed by atoms with van der Waals surface area (Å²) in [6.45, 7) is 5.29. The topological polar surface area (TPSA) is 57.4 Å². The van der Waals surface area contributed by atoms with Gasteiger partial charge in [0, 0.05) is 36.6 Å². The van der Waals surface area contributed by atoms with Gasteiger partial charge in [0.15, 0.2) is 0 Å². The molecule has 1 aromatic heterocycles. The molecule has 1 aromatic carbocycles. The standard InChI is InChI=1S/C16H22N2O2/c1-16(2,19-3)8-10-20-11-12-6-7-14(17)13-5-4-9-18-15(12)13/h4-7,9H,8,10-11,17H2,1-3H3. The number of pyridine rings is 1. The highest BCUT2D eigenvalue weighted by molar-refractivity contribution is 5.92. The Morgan fingerprint density at radius 1 is 1.25 bits per heavy atom. The van der Waals surface area contributed by atoms with Crippen molar-refractivity contribution in [3.05, 3.63) is 36.0 Å². The molecule has 0 unspecified atom stereocenters. The summed E-state index contributed by atoms with van der Waals surface area (Å²) in [6.07, 6.45) is 2.63. The molecule has 0 aliphatic carbocycles. The number of hydrogen-bond donors (Lipinski definition) is 1. The Labute approximate surface area is 119 Å². The predicted molar refractivity (Wildman–Crippen MR) is 81.5 cm³/mol. The number of aromatic nitrogens is 1. The van der Waals surface area contributed by atoms with E-state index in [2.05, 4.69) is 18.8 Å². The van der Waals surface area contributed by atoms with Crippen LogP contribution in [0.25, 0.3) is 10.9 Å². The lowest BCUT2D eigenvalue weighted by molar-refractivity contribution is -0.0123. The van der Waals surface area contributed by atoms with Crippen molar-refractivity contribution in [1.82, 2.24) is 4.98 Å². The second kappa shape index (κ2) is 6.20. The minimum atomic E-state index is -0.151. The molecule has 0 aliphatic heterocycles. The normalized spacial score (nSPS) is 11.9. The molecular weight excluding hydrogens is 252 g/mol. The van der Waals surface area contributed by atoms with E-state index in [0.29, 0.717) is 13.2 Å². The zero-order chi connectivity index (χ0) is 14.6. The van der Waals surface area contributed by atoms with Gasteiger partial charge in [0.25, 0.3) is 0 Å². The summed E-state index contributed by atoms with van der Waals surface area (Å²) < 4.78 is 11.1. The highest BCUT2D eigenvalue weighted by atomic mass is 16.5. The van der Waals surface area contributed by atoms with Crippen LogP contribution in [-0.4, -0.2) is 24.3 Å². The molecule has 0 fully saturated rings. The van der Waals surface area contributed by atoms with Gasteiger partial charge in [-0.05, 0) is 38.5 Å². The van der Waals surface area contributed by atoms with E-state index in [9.17, 15) is 0 Å². The van der Waals surface area contributed by atoms with E-state index < -0.39 is 0 Å². The van der Waals surface area contributed by atoms with Crippen molar-refractivity contribution in [3.8, 4) is 0 Å². The van der Waals surface area contributed by atoms with Gasteiger partial charge in [-0.15, -0.1) is 0 Å². The lowest BCUT2D eigenvalue weighted by Gasteiger charge is -2.22. The molecule has 0 saturated carbocycles. The maximum absolute atomic E-state index is 5.96. The monoisotopic (exact) mass is 274 g/mol. The molecule has 0 spiro atoms. The molecule has 0 aliphatic rings. The molecule has 2 N–H and O–H groups in total. The van der Waals surface area contributed by atoms with Gasteiger partial charge in [-0.2, -0.15) is 0 Å². The molecule has 108 valence electrons. The predicted octanol–water partition coefficient (Wildman–Crippen LogP) is 3.15. The fraction of sp³-hybridized carbons (Fsp3) is 0.438. The number of nitrogen functional groups attached to an aromatic ring is 1. The van der Waals surface area contributed by atoms with Gasteiger partial charge in [0.05, 0.1) is 17.7 Å². The third-order valence-electron chi connectivity index (χ3n) is 3.55. The summed E-state index contributed by atoms with van der Waals surface area (Å²) in [5.41, 5.74) is 8.53. The molecule has 20 heavy (non-hydrogen) atoms. The van der Waals surface area contributed by atoms with Crippen molar-refractivity contribution in [1.29, 1.82) is 0 Å². The summed E-state index contributed by atoms with van der Waals surface area (Å²) >= 11 is 0. The van der Waals surface area contributed by atoms with Crippen LogP contribution in [0.1, 0.15) is 25.8 Å². The molecule has 0 bridgehead atoms. The number of rotatable bonds is 6. The van der Waals surface area contributed by atoms with Gasteiger partial charge >= 0.3 is 0 Å². The van der Waals surface area contributed by atoms with Crippen molar-refractivity contribution in [2.75, 3.05) is 19.5 Å². The van der Waals surface area contributed by atoms with Gasteiger partial charge in [-0.1, -0.05) is 6.07 Å². The number of methoxy groups -OCH3 is 1. The van der Waals surface area contributed by atoms with E-state index >= 15 is 0 Å². The van der Waals surface area contributed by atoms with Crippen LogP contribution < -0.4 is 5.73 Å². The first-order valence-electron chi connectivity index (χ1n) is 6.78. The summed E-state index contributed by atoms with van der Waals surface area (Å²) in [7, 11) is 1.72. The fourth-order valence-electron chi connectivity index (χ4n) is 1.97. The van der Waals surface area contributed by atoms with E-state index in [-0.39, 0.29) is 5.60 Å². The molecule has 1 heterocycles. The Kier molecular flexibility index (Phi) is 4.57. The third kappa shape index (κ3) is 3.46. The van der Waals surface area contributed by atoms with Gasteiger partial charge in [-0.25, -0.2) is 0 Å². The number of anilines is 1. The second-order valence-corrected chi connectivity index (χ2v) is 5.48. The Morgan fingerprint density at radius 3 is 2.80 bits per heavy atom. The van der Waals surface area contributed by atoms with Crippen LogP contribution >= 0.6 is 0 Å². The Hall–Kier alpha value is -1.65. The van der Waals surface area contributed by atoms with E-state index in [4.69, 9.17) is 15.2 Å². The first-order chi connectivity index (χ1) is 9.53. The minimum Gasteiger partial charge on any atom is -0.398 e. The highest BCUT2D eigenvalue weighted by Gasteiger charge is 2.15. The number of hydrogen-bond acceptors (Lipinski definition) is 4. The van der Waals surface area contributed by atoms with Gasteiger partial charge in [0.1, 0.15) is 0 Å². The number of ether oxygens (including phenoxy) is 2. The summed E-state index contributed by atoms with van der Waals surface area (Å²) in [5, 5.41) is 0.978. The molecule has 0 saturated heterocycles. The van der Waals surface area contributed by atoms with E-state index in [0.717, 1.165) is 28.6 Å². The summed E-state index contributed by atoms with van der Waals surface area (Å²) in [6, 6.07) is 7.76. The first-order valence-corrected chi connectivity index (χ1v) is 6.78. The Balaban J connectivity index is 2.02. The Morgan fingerprint density at radius 2 is 2.05 bits per heavy atom. The van der Waals surface area contributed by atoms with Crippen molar-refractivity contribution in [2.45, 2.75) is 32.5 Å². The van der Waals surface area contributed by atoms with E-state index in [1.54, 1.807) is 13.3 Å². The molecule has 0 radical (unpaired) electrons. The summed E-state index contributed by atoms with van der Waals surface area (Å²) in [5.74, 6) is 0. The van der Waals surface area contributed by atoms with Crippen LogP contribution in [-0.2, 0) is 16.1 Å². The maximum atomic E-state index is 5.96.